The van der Waals surface area contributed by atoms with E-state index < -0.39 is 11.6 Å². The minimum atomic E-state index is -0.850. The monoisotopic (exact) mass is 404 g/mol. The summed E-state index contributed by atoms with van der Waals surface area (Å²) in [6, 6.07) is 16.6. The zero-order valence-corrected chi connectivity index (χ0v) is 16.8. The van der Waals surface area contributed by atoms with Gasteiger partial charge < -0.3 is 14.6 Å². The van der Waals surface area contributed by atoms with Gasteiger partial charge in [-0.1, -0.05) is 54.6 Å². The van der Waals surface area contributed by atoms with E-state index in [0.29, 0.717) is 6.42 Å². The lowest BCUT2D eigenvalue weighted by atomic mass is 9.96. The Labute approximate surface area is 176 Å². The van der Waals surface area contributed by atoms with Gasteiger partial charge in [0.2, 0.25) is 0 Å². The molecule has 1 unspecified atom stereocenters. The van der Waals surface area contributed by atoms with Crippen LogP contribution in [-0.2, 0) is 19.1 Å². The van der Waals surface area contributed by atoms with Crippen LogP contribution in [0.4, 0.5) is 0 Å². The van der Waals surface area contributed by atoms with Crippen LogP contribution in [0, 0.1) is 0 Å². The molecule has 0 spiro atoms. The van der Waals surface area contributed by atoms with Crippen LogP contribution in [0.3, 0.4) is 0 Å². The fourth-order valence-electron chi connectivity index (χ4n) is 3.03. The predicted octanol–water partition coefficient (Wildman–Crippen LogP) is 4.68. The Bertz CT molecular complexity index is 970. The van der Waals surface area contributed by atoms with Gasteiger partial charge >= 0.3 is 11.9 Å². The summed E-state index contributed by atoms with van der Waals surface area (Å²) in [7, 11) is 0. The highest BCUT2D eigenvalue weighted by Gasteiger charge is 2.35. The van der Waals surface area contributed by atoms with Gasteiger partial charge in [0.25, 0.3) is 0 Å². The normalized spacial score (nSPS) is 19.8. The molecule has 5 nitrogen and oxygen atoms in total. The average Bonchev–Trinajstić information content (AvgIpc) is 2.72. The van der Waals surface area contributed by atoms with E-state index in [0.717, 1.165) is 16.7 Å². The molecule has 1 saturated heterocycles. The van der Waals surface area contributed by atoms with Gasteiger partial charge in [-0.15, -0.1) is 0 Å². The summed E-state index contributed by atoms with van der Waals surface area (Å²) in [5.41, 5.74) is 1.82. The number of hydrogen-bond donors (Lipinski definition) is 1. The first-order valence-electron chi connectivity index (χ1n) is 9.72. The number of carbonyl (C=O) groups excluding carboxylic acids is 2. The maximum atomic E-state index is 12.4. The molecule has 2 aromatic carbocycles. The molecule has 0 radical (unpaired) electrons. The fourth-order valence-corrected chi connectivity index (χ4v) is 3.03. The lowest BCUT2D eigenvalue weighted by molar-refractivity contribution is -0.171. The van der Waals surface area contributed by atoms with Gasteiger partial charge in [-0.25, -0.2) is 4.79 Å². The van der Waals surface area contributed by atoms with Gasteiger partial charge in [0.15, 0.2) is 0 Å². The van der Waals surface area contributed by atoms with Crippen LogP contribution < -0.4 is 0 Å². The highest BCUT2D eigenvalue weighted by atomic mass is 16.6. The molecule has 1 atom stereocenters. The van der Waals surface area contributed by atoms with Gasteiger partial charge in [-0.3, -0.25) is 4.79 Å². The number of cyclic esters (lactones) is 1. The zero-order valence-electron chi connectivity index (χ0n) is 16.8. The highest BCUT2D eigenvalue weighted by molar-refractivity contribution is 5.84. The molecule has 0 amide bonds. The second-order valence-corrected chi connectivity index (χ2v) is 7.33. The topological polar surface area (TPSA) is 72.8 Å². The van der Waals surface area contributed by atoms with Crippen LogP contribution in [0.25, 0.3) is 12.2 Å². The standard InChI is InChI=1S/C25H24O5/c1-25(15-16-29-24(28)18-25)30-23(27)14-11-20(8-7-19-5-3-2-4-6-19)17-21-9-12-22(26)13-10-21/h2-14,17,26H,15-16,18H2,1H3. The van der Waals surface area contributed by atoms with Crippen molar-refractivity contribution in [2.45, 2.75) is 25.4 Å². The minimum Gasteiger partial charge on any atom is -0.508 e. The van der Waals surface area contributed by atoms with Crippen LogP contribution in [-0.4, -0.2) is 29.3 Å². The van der Waals surface area contributed by atoms with E-state index in [1.54, 1.807) is 37.3 Å². The first-order chi connectivity index (χ1) is 14.4. The molecule has 154 valence electrons. The first kappa shape index (κ1) is 21.1. The van der Waals surface area contributed by atoms with Gasteiger partial charge in [0.05, 0.1) is 13.0 Å². The molecule has 1 N–H and O–H groups in total. The average molecular weight is 404 g/mol. The Morgan fingerprint density at radius 2 is 1.77 bits per heavy atom. The molecule has 0 aromatic heterocycles. The fraction of sp³-hybridized carbons (Fsp3) is 0.200. The number of carbonyl (C=O) groups is 2. The Morgan fingerprint density at radius 1 is 1.03 bits per heavy atom. The number of esters is 2. The van der Waals surface area contributed by atoms with Crippen molar-refractivity contribution in [3.05, 3.63) is 89.5 Å². The second kappa shape index (κ2) is 9.74. The van der Waals surface area contributed by atoms with E-state index >= 15 is 0 Å². The molecule has 0 aliphatic carbocycles. The molecular formula is C25H24O5. The lowest BCUT2D eigenvalue weighted by Crippen LogP contribution is -2.39. The number of aromatic hydroxyl groups is 1. The van der Waals surface area contributed by atoms with E-state index in [9.17, 15) is 14.7 Å². The van der Waals surface area contributed by atoms with Gasteiger partial charge in [-0.05, 0) is 47.9 Å². The van der Waals surface area contributed by atoms with E-state index in [2.05, 4.69) is 0 Å². The van der Waals surface area contributed by atoms with E-state index in [-0.39, 0.29) is 24.7 Å². The van der Waals surface area contributed by atoms with E-state index in [4.69, 9.17) is 9.47 Å². The molecule has 1 aliphatic heterocycles. The maximum Gasteiger partial charge on any atom is 0.331 e. The van der Waals surface area contributed by atoms with Crippen molar-refractivity contribution in [1.29, 1.82) is 0 Å². The molecule has 0 bridgehead atoms. The van der Waals surface area contributed by atoms with E-state index in [1.165, 1.54) is 6.08 Å². The SMILES string of the molecule is CC1(OC(=O)C=CC(C=Cc2ccccc2)=Cc2ccc(O)cc2)CCOC(=O)C1. The summed E-state index contributed by atoms with van der Waals surface area (Å²) in [4.78, 5) is 23.9. The number of ether oxygens (including phenoxy) is 2. The predicted molar refractivity (Wildman–Crippen MR) is 115 cm³/mol. The molecular weight excluding hydrogens is 380 g/mol. The van der Waals surface area contributed by atoms with Crippen molar-refractivity contribution in [3.63, 3.8) is 0 Å². The second-order valence-electron chi connectivity index (χ2n) is 7.33. The minimum absolute atomic E-state index is 0.0523. The Morgan fingerprint density at radius 3 is 2.47 bits per heavy atom. The van der Waals surface area contributed by atoms with Crippen molar-refractivity contribution in [3.8, 4) is 5.75 Å². The van der Waals surface area contributed by atoms with Crippen LogP contribution in [0.5, 0.6) is 5.75 Å². The third-order valence-corrected chi connectivity index (χ3v) is 4.67. The zero-order chi connectivity index (χ0) is 21.4. The molecule has 2 aromatic rings. The number of phenols is 1. The molecule has 5 heteroatoms. The summed E-state index contributed by atoms with van der Waals surface area (Å²) in [5, 5.41) is 9.47. The van der Waals surface area contributed by atoms with Gasteiger partial charge in [0.1, 0.15) is 11.4 Å². The molecule has 1 aliphatic rings. The summed E-state index contributed by atoms with van der Waals surface area (Å²) in [5.74, 6) is -0.692. The van der Waals surface area contributed by atoms with Crippen LogP contribution in [0.15, 0.2) is 78.4 Å². The third kappa shape index (κ3) is 6.48. The summed E-state index contributed by atoms with van der Waals surface area (Å²) in [6.07, 6.45) is 9.28. The Balaban J connectivity index is 1.77. The molecule has 30 heavy (non-hydrogen) atoms. The number of benzene rings is 2. The quantitative estimate of drug-likeness (QED) is 0.430. The van der Waals surface area contributed by atoms with Crippen molar-refractivity contribution in [2.24, 2.45) is 0 Å². The number of hydrogen-bond acceptors (Lipinski definition) is 5. The number of phenolic OH excluding ortho intramolecular Hbond substituents is 1. The maximum absolute atomic E-state index is 12.4. The Kier molecular flexibility index (Phi) is 6.86. The molecule has 3 rings (SSSR count). The van der Waals surface area contributed by atoms with Crippen LogP contribution >= 0.6 is 0 Å². The van der Waals surface area contributed by atoms with Gasteiger partial charge in [-0.2, -0.15) is 0 Å². The number of rotatable bonds is 6. The van der Waals surface area contributed by atoms with Crippen LogP contribution in [0.1, 0.15) is 30.9 Å². The van der Waals surface area contributed by atoms with Gasteiger partial charge in [0, 0.05) is 12.5 Å². The lowest BCUT2D eigenvalue weighted by Gasteiger charge is -2.31. The Hall–Kier alpha value is -3.60. The largest absolute Gasteiger partial charge is 0.508 e. The van der Waals surface area contributed by atoms with Crippen molar-refractivity contribution >= 4 is 24.1 Å². The first-order valence-corrected chi connectivity index (χ1v) is 9.72. The smallest absolute Gasteiger partial charge is 0.331 e. The molecule has 0 saturated carbocycles. The summed E-state index contributed by atoms with van der Waals surface area (Å²) < 4.78 is 10.4. The van der Waals surface area contributed by atoms with E-state index in [1.807, 2.05) is 48.6 Å². The highest BCUT2D eigenvalue weighted by Crippen LogP contribution is 2.25. The molecule has 1 heterocycles. The van der Waals surface area contributed by atoms with Crippen LogP contribution in [0.2, 0.25) is 0 Å². The number of allylic oxidation sites excluding steroid dienone is 3. The van der Waals surface area contributed by atoms with Crippen molar-refractivity contribution in [1.82, 2.24) is 0 Å². The van der Waals surface area contributed by atoms with Crippen molar-refractivity contribution < 1.29 is 24.2 Å². The molecule has 1 fully saturated rings. The van der Waals surface area contributed by atoms with Crippen molar-refractivity contribution in [2.75, 3.05) is 6.61 Å². The summed E-state index contributed by atoms with van der Waals surface area (Å²) in [6.45, 7) is 1.99. The summed E-state index contributed by atoms with van der Waals surface area (Å²) >= 11 is 0. The third-order valence-electron chi connectivity index (χ3n) is 4.67.